The van der Waals surface area contributed by atoms with Gasteiger partial charge in [0.2, 0.25) is 0 Å². The number of benzene rings is 3. The molecule has 1 aliphatic heterocycles. The van der Waals surface area contributed by atoms with Crippen LogP contribution in [0.1, 0.15) is 40.1 Å². The summed E-state index contributed by atoms with van der Waals surface area (Å²) in [6.45, 7) is 6.13. The smallest absolute Gasteiger partial charge is 0.258 e. The SMILES string of the molecule is CNc1cccc2c1OC(CN(C)Cc1ccc(Cl)cc1)CN(C(C)C)C2=O.O=Cc1ccccc1. The number of ether oxygens (including phenoxy) is 1. The molecule has 0 bridgehead atoms. The fourth-order valence-electron chi connectivity index (χ4n) is 4.08. The average molecular weight is 508 g/mol. The molecular formula is C29H34ClN3O3. The van der Waals surface area contributed by atoms with Gasteiger partial charge in [-0.1, -0.05) is 60.1 Å². The molecule has 0 fully saturated rings. The Morgan fingerprint density at radius 1 is 1.08 bits per heavy atom. The molecule has 0 saturated carbocycles. The first-order valence-corrected chi connectivity index (χ1v) is 12.4. The molecule has 36 heavy (non-hydrogen) atoms. The van der Waals surface area contributed by atoms with Crippen LogP contribution in [0.25, 0.3) is 0 Å². The van der Waals surface area contributed by atoms with Crippen molar-refractivity contribution in [2.45, 2.75) is 32.5 Å². The summed E-state index contributed by atoms with van der Waals surface area (Å²) >= 11 is 5.98. The van der Waals surface area contributed by atoms with Gasteiger partial charge in [-0.25, -0.2) is 0 Å². The number of carbonyl (C=O) groups excluding carboxylic acids is 2. The van der Waals surface area contributed by atoms with Crippen molar-refractivity contribution < 1.29 is 14.3 Å². The highest BCUT2D eigenvalue weighted by molar-refractivity contribution is 6.30. The summed E-state index contributed by atoms with van der Waals surface area (Å²) in [5.41, 5.74) is 3.37. The maximum atomic E-state index is 13.1. The summed E-state index contributed by atoms with van der Waals surface area (Å²) in [5, 5.41) is 3.88. The van der Waals surface area contributed by atoms with Crippen molar-refractivity contribution in [1.29, 1.82) is 0 Å². The van der Waals surface area contributed by atoms with E-state index in [4.69, 9.17) is 16.3 Å². The molecule has 0 aromatic heterocycles. The van der Waals surface area contributed by atoms with Gasteiger partial charge in [0, 0.05) is 36.8 Å². The van der Waals surface area contributed by atoms with E-state index in [2.05, 4.69) is 17.3 Å². The second-order valence-electron chi connectivity index (χ2n) is 9.08. The molecule has 1 amide bonds. The lowest BCUT2D eigenvalue weighted by atomic mass is 10.1. The molecule has 1 N–H and O–H groups in total. The van der Waals surface area contributed by atoms with Crippen LogP contribution in [0.5, 0.6) is 5.75 Å². The van der Waals surface area contributed by atoms with E-state index in [1.54, 1.807) is 12.1 Å². The fourth-order valence-corrected chi connectivity index (χ4v) is 4.20. The highest BCUT2D eigenvalue weighted by Crippen LogP contribution is 2.33. The molecule has 0 saturated heterocycles. The molecular weight excluding hydrogens is 474 g/mol. The Morgan fingerprint density at radius 3 is 2.36 bits per heavy atom. The molecule has 0 spiro atoms. The van der Waals surface area contributed by atoms with E-state index in [1.165, 1.54) is 5.56 Å². The van der Waals surface area contributed by atoms with Gasteiger partial charge in [0.05, 0.1) is 17.8 Å². The Morgan fingerprint density at radius 2 is 1.78 bits per heavy atom. The van der Waals surface area contributed by atoms with E-state index in [0.717, 1.165) is 29.1 Å². The minimum absolute atomic E-state index is 0.0185. The second-order valence-corrected chi connectivity index (χ2v) is 9.51. The third-order valence-corrected chi connectivity index (χ3v) is 6.15. The highest BCUT2D eigenvalue weighted by atomic mass is 35.5. The Balaban J connectivity index is 0.000000383. The maximum absolute atomic E-state index is 13.1. The summed E-state index contributed by atoms with van der Waals surface area (Å²) in [7, 11) is 3.91. The summed E-state index contributed by atoms with van der Waals surface area (Å²) in [4.78, 5) is 27.2. The Bertz CT molecular complexity index is 1140. The number of fused-ring (bicyclic) bond motifs is 1. The van der Waals surface area contributed by atoms with Gasteiger partial charge in [-0.2, -0.15) is 0 Å². The number of para-hydroxylation sites is 1. The van der Waals surface area contributed by atoms with Gasteiger partial charge >= 0.3 is 0 Å². The summed E-state index contributed by atoms with van der Waals surface area (Å²) in [6, 6.07) is 22.7. The van der Waals surface area contributed by atoms with E-state index < -0.39 is 0 Å². The van der Waals surface area contributed by atoms with Crippen LogP contribution in [-0.4, -0.2) is 61.3 Å². The van der Waals surface area contributed by atoms with Crippen LogP contribution in [0, 0.1) is 0 Å². The molecule has 1 aliphatic rings. The van der Waals surface area contributed by atoms with Crippen molar-refractivity contribution in [3.63, 3.8) is 0 Å². The third kappa shape index (κ3) is 7.33. The third-order valence-electron chi connectivity index (χ3n) is 5.90. The van der Waals surface area contributed by atoms with Crippen LogP contribution < -0.4 is 10.1 Å². The molecule has 190 valence electrons. The number of rotatable bonds is 7. The van der Waals surface area contributed by atoms with Crippen molar-refractivity contribution in [2.75, 3.05) is 32.5 Å². The molecule has 0 aliphatic carbocycles. The quantitative estimate of drug-likeness (QED) is 0.420. The van der Waals surface area contributed by atoms with Crippen LogP contribution in [0.3, 0.4) is 0 Å². The van der Waals surface area contributed by atoms with E-state index in [9.17, 15) is 9.59 Å². The topological polar surface area (TPSA) is 61.9 Å². The van der Waals surface area contributed by atoms with Crippen LogP contribution in [-0.2, 0) is 6.54 Å². The van der Waals surface area contributed by atoms with E-state index in [1.807, 2.05) is 86.5 Å². The van der Waals surface area contributed by atoms with E-state index >= 15 is 0 Å². The second kappa shape index (κ2) is 13.1. The molecule has 4 rings (SSSR count). The lowest BCUT2D eigenvalue weighted by Crippen LogP contribution is -2.45. The lowest BCUT2D eigenvalue weighted by Gasteiger charge is -2.30. The molecule has 6 nitrogen and oxygen atoms in total. The van der Waals surface area contributed by atoms with Crippen molar-refractivity contribution in [2.24, 2.45) is 0 Å². The Labute approximate surface area is 218 Å². The number of amides is 1. The van der Waals surface area contributed by atoms with Crippen LogP contribution in [0.2, 0.25) is 5.02 Å². The number of hydrogen-bond donors (Lipinski definition) is 1. The molecule has 1 unspecified atom stereocenters. The van der Waals surface area contributed by atoms with Gasteiger partial charge < -0.3 is 15.0 Å². The van der Waals surface area contributed by atoms with Gasteiger partial charge in [-0.15, -0.1) is 0 Å². The van der Waals surface area contributed by atoms with Crippen molar-refractivity contribution >= 4 is 29.5 Å². The fraction of sp³-hybridized carbons (Fsp3) is 0.310. The number of likely N-dealkylation sites (N-methyl/N-ethyl adjacent to an activating group) is 1. The first-order valence-electron chi connectivity index (χ1n) is 12.0. The standard InChI is InChI=1S/C22H28ClN3O2.C7H6O/c1-15(2)26-14-18(13-25(4)12-16-8-10-17(23)11-9-16)28-21-19(22(26)27)6-5-7-20(21)24-3;8-6-7-4-2-1-3-5-7/h5-11,15,18,24H,12-14H2,1-4H3;1-6H. The van der Waals surface area contributed by atoms with Crippen LogP contribution >= 0.6 is 11.6 Å². The van der Waals surface area contributed by atoms with Gasteiger partial charge in [0.1, 0.15) is 12.4 Å². The zero-order valence-corrected chi connectivity index (χ0v) is 22.0. The number of anilines is 1. The predicted molar refractivity (Wildman–Crippen MR) is 146 cm³/mol. The zero-order chi connectivity index (χ0) is 26.1. The largest absolute Gasteiger partial charge is 0.484 e. The normalized spacial score (nSPS) is 14.9. The molecule has 7 heteroatoms. The first-order chi connectivity index (χ1) is 17.3. The lowest BCUT2D eigenvalue weighted by molar-refractivity contribution is 0.0605. The summed E-state index contributed by atoms with van der Waals surface area (Å²) in [5.74, 6) is 0.660. The molecule has 3 aromatic carbocycles. The minimum Gasteiger partial charge on any atom is -0.484 e. The monoisotopic (exact) mass is 507 g/mol. The van der Waals surface area contributed by atoms with Gasteiger partial charge in [0.15, 0.2) is 5.75 Å². The van der Waals surface area contributed by atoms with Crippen molar-refractivity contribution in [3.8, 4) is 5.75 Å². The number of hydrogen-bond acceptors (Lipinski definition) is 5. The van der Waals surface area contributed by atoms with Gasteiger partial charge in [0.25, 0.3) is 5.91 Å². The van der Waals surface area contributed by atoms with Crippen molar-refractivity contribution in [3.05, 3.63) is 94.5 Å². The predicted octanol–water partition coefficient (Wildman–Crippen LogP) is 5.62. The number of aldehydes is 1. The minimum atomic E-state index is -0.126. The molecule has 0 radical (unpaired) electrons. The molecule has 1 heterocycles. The summed E-state index contributed by atoms with van der Waals surface area (Å²) < 4.78 is 6.37. The Kier molecular flexibility index (Phi) is 9.91. The first kappa shape index (κ1) is 27.2. The van der Waals surface area contributed by atoms with E-state index in [0.29, 0.717) is 24.4 Å². The van der Waals surface area contributed by atoms with Crippen LogP contribution in [0.15, 0.2) is 72.8 Å². The number of carbonyl (C=O) groups is 2. The van der Waals surface area contributed by atoms with Crippen LogP contribution in [0.4, 0.5) is 5.69 Å². The Hall–Kier alpha value is -3.35. The number of nitrogens with one attached hydrogen (secondary N) is 1. The maximum Gasteiger partial charge on any atom is 0.258 e. The van der Waals surface area contributed by atoms with E-state index in [-0.39, 0.29) is 18.1 Å². The number of nitrogens with zero attached hydrogens (tertiary/aromatic N) is 2. The highest BCUT2D eigenvalue weighted by Gasteiger charge is 2.32. The average Bonchev–Trinajstić information content (AvgIpc) is 3.02. The number of halogens is 1. The van der Waals surface area contributed by atoms with Gasteiger partial charge in [-0.3, -0.25) is 14.5 Å². The van der Waals surface area contributed by atoms with Gasteiger partial charge in [-0.05, 0) is 50.7 Å². The molecule has 3 aromatic rings. The summed E-state index contributed by atoms with van der Waals surface area (Å²) in [6.07, 6.45) is 0.708. The zero-order valence-electron chi connectivity index (χ0n) is 21.3. The molecule has 1 atom stereocenters. The van der Waals surface area contributed by atoms with Crippen molar-refractivity contribution in [1.82, 2.24) is 9.80 Å².